The first-order valence-electron chi connectivity index (χ1n) is 3.38. The molecule has 0 aliphatic heterocycles. The molecule has 0 aromatic carbocycles. The normalized spacial score (nSPS) is 11.8. The number of allylic oxidation sites excluding steroid dienone is 3. The Hall–Kier alpha value is -0.270. The molecule has 0 saturated carbocycles. The van der Waals surface area contributed by atoms with E-state index >= 15 is 0 Å². The van der Waals surface area contributed by atoms with Crippen LogP contribution in [0.5, 0.6) is 0 Å². The van der Waals surface area contributed by atoms with Crippen molar-refractivity contribution in [1.29, 1.82) is 0 Å². The minimum absolute atomic E-state index is 0.138. The van der Waals surface area contributed by atoms with Crippen molar-refractivity contribution >= 4 is 11.6 Å². The third kappa shape index (κ3) is 7.73. The van der Waals surface area contributed by atoms with Crippen molar-refractivity contribution in [3.05, 3.63) is 24.3 Å². The van der Waals surface area contributed by atoms with Gasteiger partial charge in [-0.3, -0.25) is 0 Å². The molecule has 10 heavy (non-hydrogen) atoms. The Morgan fingerprint density at radius 3 is 2.10 bits per heavy atom. The largest absolute Gasteiger partial charge is 0.392 e. The topological polar surface area (TPSA) is 20.2 Å². The summed E-state index contributed by atoms with van der Waals surface area (Å²) in [7, 11) is 0. The van der Waals surface area contributed by atoms with Gasteiger partial charge in [0.05, 0.1) is 6.61 Å². The standard InChI is InChI=1S/C8H13ClO/c9-7-5-3-1-2-4-6-8-10/h3-6,10H,1-2,7-8H2/b5-3+,6-4-. The molecule has 0 spiro atoms. The summed E-state index contributed by atoms with van der Waals surface area (Å²) < 4.78 is 0. The van der Waals surface area contributed by atoms with E-state index in [0.29, 0.717) is 5.88 Å². The third-order valence-corrected chi connectivity index (χ3v) is 1.21. The van der Waals surface area contributed by atoms with Gasteiger partial charge in [0.2, 0.25) is 0 Å². The average Bonchev–Trinajstić information content (AvgIpc) is 1.97. The molecule has 0 fully saturated rings. The van der Waals surface area contributed by atoms with Gasteiger partial charge in [0.1, 0.15) is 0 Å². The van der Waals surface area contributed by atoms with Crippen LogP contribution in [0.4, 0.5) is 0 Å². The first kappa shape index (κ1) is 9.73. The lowest BCUT2D eigenvalue weighted by molar-refractivity contribution is 0.342. The molecule has 1 N–H and O–H groups in total. The number of aliphatic hydroxyl groups is 1. The Labute approximate surface area is 67.0 Å². The van der Waals surface area contributed by atoms with E-state index in [2.05, 4.69) is 0 Å². The maximum Gasteiger partial charge on any atom is 0.0612 e. The molecule has 0 amide bonds. The second-order valence-electron chi connectivity index (χ2n) is 1.86. The summed E-state index contributed by atoms with van der Waals surface area (Å²) in [6.45, 7) is 0.138. The highest BCUT2D eigenvalue weighted by Crippen LogP contribution is 1.92. The zero-order valence-corrected chi connectivity index (χ0v) is 6.72. The number of aliphatic hydroxyl groups excluding tert-OH is 1. The third-order valence-electron chi connectivity index (χ3n) is 1.03. The number of rotatable bonds is 5. The molecule has 0 saturated heterocycles. The Kier molecular flexibility index (Phi) is 8.49. The van der Waals surface area contributed by atoms with Gasteiger partial charge >= 0.3 is 0 Å². The second-order valence-corrected chi connectivity index (χ2v) is 2.17. The smallest absolute Gasteiger partial charge is 0.0612 e. The van der Waals surface area contributed by atoms with Gasteiger partial charge < -0.3 is 5.11 Å². The van der Waals surface area contributed by atoms with Crippen LogP contribution in [0.2, 0.25) is 0 Å². The Morgan fingerprint density at radius 1 is 1.00 bits per heavy atom. The van der Waals surface area contributed by atoms with E-state index in [1.807, 2.05) is 18.2 Å². The van der Waals surface area contributed by atoms with Crippen LogP contribution in [-0.2, 0) is 0 Å². The SMILES string of the molecule is OC/C=C\CC/C=C/CCl. The van der Waals surface area contributed by atoms with Gasteiger partial charge in [0, 0.05) is 5.88 Å². The molecular weight excluding hydrogens is 148 g/mol. The summed E-state index contributed by atoms with van der Waals surface area (Å²) in [6.07, 6.45) is 9.65. The predicted octanol–water partition coefficient (Wildman–Crippen LogP) is 2.11. The van der Waals surface area contributed by atoms with Crippen LogP contribution in [0.15, 0.2) is 24.3 Å². The van der Waals surface area contributed by atoms with Gasteiger partial charge in [0.15, 0.2) is 0 Å². The van der Waals surface area contributed by atoms with E-state index in [9.17, 15) is 0 Å². The van der Waals surface area contributed by atoms with E-state index in [1.54, 1.807) is 6.08 Å². The molecule has 0 bridgehead atoms. The fourth-order valence-electron chi connectivity index (χ4n) is 0.566. The molecule has 58 valence electrons. The molecule has 0 aliphatic rings. The van der Waals surface area contributed by atoms with Crippen molar-refractivity contribution in [2.45, 2.75) is 12.8 Å². The summed E-state index contributed by atoms with van der Waals surface area (Å²) in [5.74, 6) is 0.587. The van der Waals surface area contributed by atoms with Crippen LogP contribution < -0.4 is 0 Å². The monoisotopic (exact) mass is 160 g/mol. The van der Waals surface area contributed by atoms with Gasteiger partial charge in [-0.2, -0.15) is 0 Å². The van der Waals surface area contributed by atoms with E-state index in [-0.39, 0.29) is 6.61 Å². The summed E-state index contributed by atoms with van der Waals surface area (Å²) in [5.41, 5.74) is 0. The quantitative estimate of drug-likeness (QED) is 0.371. The summed E-state index contributed by atoms with van der Waals surface area (Å²) in [5, 5.41) is 8.34. The number of unbranched alkanes of at least 4 members (excludes halogenated alkanes) is 1. The molecule has 0 unspecified atom stereocenters. The molecule has 2 heteroatoms. The van der Waals surface area contributed by atoms with Crippen molar-refractivity contribution in [3.63, 3.8) is 0 Å². The molecule has 0 aromatic heterocycles. The van der Waals surface area contributed by atoms with Gasteiger partial charge in [-0.25, -0.2) is 0 Å². The number of hydrogen-bond donors (Lipinski definition) is 1. The summed E-state index contributed by atoms with van der Waals surface area (Å²) >= 11 is 5.40. The number of alkyl halides is 1. The maximum absolute atomic E-state index is 8.34. The highest BCUT2D eigenvalue weighted by atomic mass is 35.5. The highest BCUT2D eigenvalue weighted by molar-refractivity contribution is 6.18. The summed E-state index contributed by atoms with van der Waals surface area (Å²) in [6, 6.07) is 0. The molecule has 0 heterocycles. The van der Waals surface area contributed by atoms with Crippen molar-refractivity contribution in [1.82, 2.24) is 0 Å². The molecular formula is C8H13ClO. The van der Waals surface area contributed by atoms with Crippen molar-refractivity contribution < 1.29 is 5.11 Å². The van der Waals surface area contributed by atoms with Crippen LogP contribution in [-0.4, -0.2) is 17.6 Å². The van der Waals surface area contributed by atoms with Crippen molar-refractivity contribution in [2.75, 3.05) is 12.5 Å². The zero-order valence-electron chi connectivity index (χ0n) is 5.96. The van der Waals surface area contributed by atoms with E-state index in [0.717, 1.165) is 12.8 Å². The molecule has 0 atom stereocenters. The Morgan fingerprint density at radius 2 is 1.60 bits per heavy atom. The van der Waals surface area contributed by atoms with Crippen LogP contribution in [0.25, 0.3) is 0 Å². The molecule has 0 aromatic rings. The predicted molar refractivity (Wildman–Crippen MR) is 45.3 cm³/mol. The van der Waals surface area contributed by atoms with E-state index in [4.69, 9.17) is 16.7 Å². The second kappa shape index (κ2) is 8.73. The minimum atomic E-state index is 0.138. The van der Waals surface area contributed by atoms with Gasteiger partial charge in [-0.1, -0.05) is 24.3 Å². The lowest BCUT2D eigenvalue weighted by atomic mass is 10.3. The fourth-order valence-corrected chi connectivity index (χ4v) is 0.692. The Balaban J connectivity index is 3.04. The number of hydrogen-bond acceptors (Lipinski definition) is 1. The van der Waals surface area contributed by atoms with Crippen molar-refractivity contribution in [3.8, 4) is 0 Å². The molecule has 0 radical (unpaired) electrons. The van der Waals surface area contributed by atoms with Gasteiger partial charge in [-0.15, -0.1) is 11.6 Å². The number of halogens is 1. The first-order valence-corrected chi connectivity index (χ1v) is 3.92. The molecule has 1 nitrogen and oxygen atoms in total. The fraction of sp³-hybridized carbons (Fsp3) is 0.500. The van der Waals surface area contributed by atoms with Gasteiger partial charge in [0.25, 0.3) is 0 Å². The van der Waals surface area contributed by atoms with Gasteiger partial charge in [-0.05, 0) is 12.8 Å². The lowest BCUT2D eigenvalue weighted by Gasteiger charge is -1.84. The molecule has 0 rings (SSSR count). The van der Waals surface area contributed by atoms with E-state index in [1.165, 1.54) is 0 Å². The van der Waals surface area contributed by atoms with Crippen molar-refractivity contribution in [2.24, 2.45) is 0 Å². The minimum Gasteiger partial charge on any atom is -0.392 e. The maximum atomic E-state index is 8.34. The van der Waals surface area contributed by atoms with Crippen LogP contribution in [0, 0.1) is 0 Å². The van der Waals surface area contributed by atoms with Crippen LogP contribution >= 0.6 is 11.6 Å². The summed E-state index contributed by atoms with van der Waals surface area (Å²) in [4.78, 5) is 0. The Bertz CT molecular complexity index is 93.8. The molecule has 0 aliphatic carbocycles. The zero-order chi connectivity index (χ0) is 7.66. The van der Waals surface area contributed by atoms with E-state index < -0.39 is 0 Å². The lowest BCUT2D eigenvalue weighted by Crippen LogP contribution is -1.71. The average molecular weight is 161 g/mol. The highest BCUT2D eigenvalue weighted by Gasteiger charge is 1.74. The van der Waals surface area contributed by atoms with Crippen LogP contribution in [0.3, 0.4) is 0 Å². The first-order chi connectivity index (χ1) is 4.91. The van der Waals surface area contributed by atoms with Crippen LogP contribution in [0.1, 0.15) is 12.8 Å².